The van der Waals surface area contributed by atoms with Crippen molar-refractivity contribution in [1.29, 1.82) is 5.26 Å². The Bertz CT molecular complexity index is 779. The first-order chi connectivity index (χ1) is 9.80. The summed E-state index contributed by atoms with van der Waals surface area (Å²) in [5.74, 6) is 1.36. The van der Waals surface area contributed by atoms with E-state index < -0.39 is 0 Å². The van der Waals surface area contributed by atoms with Crippen LogP contribution in [0.25, 0.3) is 10.9 Å². The van der Waals surface area contributed by atoms with Crippen LogP contribution in [0.2, 0.25) is 0 Å². The molecular weight excluding hydrogens is 252 g/mol. The monoisotopic (exact) mass is 266 g/mol. The minimum Gasteiger partial charge on any atom is -0.338 e. The maximum Gasteiger partial charge on any atom is 0.246 e. The largest absolute Gasteiger partial charge is 0.338 e. The molecule has 0 saturated heterocycles. The van der Waals surface area contributed by atoms with Gasteiger partial charge in [0.15, 0.2) is 5.82 Å². The van der Waals surface area contributed by atoms with Crippen LogP contribution < -0.4 is 0 Å². The average Bonchev–Trinajstić information content (AvgIpc) is 3.07. The second-order valence-corrected chi connectivity index (χ2v) is 4.68. The van der Waals surface area contributed by atoms with Crippen LogP contribution in [0, 0.1) is 11.3 Å². The van der Waals surface area contributed by atoms with Gasteiger partial charge in [-0.3, -0.25) is 0 Å². The zero-order valence-corrected chi connectivity index (χ0v) is 11.2. The summed E-state index contributed by atoms with van der Waals surface area (Å²) in [7, 11) is 0. The highest BCUT2D eigenvalue weighted by molar-refractivity contribution is 5.81. The molecule has 0 radical (unpaired) electrons. The molecule has 3 aromatic rings. The molecule has 5 nitrogen and oxygen atoms in total. The van der Waals surface area contributed by atoms with Crippen molar-refractivity contribution in [2.24, 2.45) is 0 Å². The zero-order chi connectivity index (χ0) is 13.9. The molecule has 0 N–H and O–H groups in total. The number of hydrogen-bond acceptors (Lipinski definition) is 4. The standard InChI is InChI=1S/C15H14N4O/c1-2-3-14-17-15(20-18-14)10-19-7-6-12-8-11(9-16)4-5-13(12)19/h4-8H,2-3,10H2,1H3. The van der Waals surface area contributed by atoms with Crippen molar-refractivity contribution >= 4 is 10.9 Å². The Morgan fingerprint density at radius 1 is 1.35 bits per heavy atom. The third kappa shape index (κ3) is 2.28. The highest BCUT2D eigenvalue weighted by Gasteiger charge is 2.08. The summed E-state index contributed by atoms with van der Waals surface area (Å²) >= 11 is 0. The third-order valence-corrected chi connectivity index (χ3v) is 3.19. The van der Waals surface area contributed by atoms with Crippen molar-refractivity contribution in [3.8, 4) is 6.07 Å². The van der Waals surface area contributed by atoms with Gasteiger partial charge in [-0.2, -0.15) is 10.2 Å². The fraction of sp³-hybridized carbons (Fsp3) is 0.267. The van der Waals surface area contributed by atoms with E-state index in [2.05, 4.69) is 23.1 Å². The molecule has 0 atom stereocenters. The van der Waals surface area contributed by atoms with Gasteiger partial charge in [0, 0.05) is 23.5 Å². The summed E-state index contributed by atoms with van der Waals surface area (Å²) in [5, 5.41) is 13.9. The molecule has 0 amide bonds. The Morgan fingerprint density at radius 2 is 2.25 bits per heavy atom. The van der Waals surface area contributed by atoms with E-state index in [0.29, 0.717) is 18.0 Å². The van der Waals surface area contributed by atoms with Crippen molar-refractivity contribution < 1.29 is 4.52 Å². The second kappa shape index (κ2) is 5.17. The molecule has 0 unspecified atom stereocenters. The molecule has 3 rings (SSSR count). The first kappa shape index (κ1) is 12.4. The van der Waals surface area contributed by atoms with E-state index in [1.165, 1.54) is 0 Å². The van der Waals surface area contributed by atoms with Crippen LogP contribution in [0.4, 0.5) is 0 Å². The Kier molecular flexibility index (Phi) is 3.21. The fourth-order valence-electron chi connectivity index (χ4n) is 2.23. The van der Waals surface area contributed by atoms with Crippen molar-refractivity contribution in [2.45, 2.75) is 26.3 Å². The number of hydrogen-bond donors (Lipinski definition) is 0. The SMILES string of the molecule is CCCc1noc(Cn2ccc3cc(C#N)ccc32)n1. The number of benzene rings is 1. The smallest absolute Gasteiger partial charge is 0.246 e. The van der Waals surface area contributed by atoms with Crippen LogP contribution in [0.5, 0.6) is 0 Å². The lowest BCUT2D eigenvalue weighted by Crippen LogP contribution is -1.98. The lowest BCUT2D eigenvalue weighted by Gasteiger charge is -2.01. The van der Waals surface area contributed by atoms with Gasteiger partial charge in [-0.25, -0.2) is 0 Å². The molecule has 0 aliphatic carbocycles. The Hall–Kier alpha value is -2.61. The lowest BCUT2D eigenvalue weighted by molar-refractivity contribution is 0.367. The highest BCUT2D eigenvalue weighted by atomic mass is 16.5. The maximum absolute atomic E-state index is 8.90. The lowest BCUT2D eigenvalue weighted by atomic mass is 10.2. The van der Waals surface area contributed by atoms with Gasteiger partial charge in [0.05, 0.1) is 11.6 Å². The van der Waals surface area contributed by atoms with E-state index in [9.17, 15) is 0 Å². The molecule has 0 spiro atoms. The molecular formula is C15H14N4O. The van der Waals surface area contributed by atoms with Gasteiger partial charge in [0.1, 0.15) is 6.54 Å². The molecule has 20 heavy (non-hydrogen) atoms. The number of nitriles is 1. The van der Waals surface area contributed by atoms with Crippen LogP contribution in [-0.4, -0.2) is 14.7 Å². The molecule has 0 fully saturated rings. The van der Waals surface area contributed by atoms with Crippen molar-refractivity contribution in [1.82, 2.24) is 14.7 Å². The molecule has 2 aromatic heterocycles. The van der Waals surface area contributed by atoms with Gasteiger partial charge < -0.3 is 9.09 Å². The number of aryl methyl sites for hydroxylation is 1. The minimum absolute atomic E-state index is 0.548. The van der Waals surface area contributed by atoms with Crippen LogP contribution in [-0.2, 0) is 13.0 Å². The Balaban J connectivity index is 1.88. The van der Waals surface area contributed by atoms with E-state index in [4.69, 9.17) is 9.78 Å². The molecule has 0 aliphatic heterocycles. The second-order valence-electron chi connectivity index (χ2n) is 4.68. The van der Waals surface area contributed by atoms with Gasteiger partial charge in [-0.15, -0.1) is 0 Å². The normalized spacial score (nSPS) is 10.8. The van der Waals surface area contributed by atoms with Crippen molar-refractivity contribution in [3.05, 3.63) is 47.7 Å². The van der Waals surface area contributed by atoms with Crippen LogP contribution in [0.3, 0.4) is 0 Å². The first-order valence-corrected chi connectivity index (χ1v) is 6.60. The van der Waals surface area contributed by atoms with Crippen LogP contribution in [0.15, 0.2) is 35.0 Å². The van der Waals surface area contributed by atoms with Crippen molar-refractivity contribution in [3.63, 3.8) is 0 Å². The van der Waals surface area contributed by atoms with Crippen molar-refractivity contribution in [2.75, 3.05) is 0 Å². The Morgan fingerprint density at radius 3 is 3.05 bits per heavy atom. The summed E-state index contributed by atoms with van der Waals surface area (Å²) < 4.78 is 7.29. The Labute approximate surface area is 116 Å². The van der Waals surface area contributed by atoms with Crippen LogP contribution in [0.1, 0.15) is 30.6 Å². The predicted molar refractivity (Wildman–Crippen MR) is 74.0 cm³/mol. The number of fused-ring (bicyclic) bond motifs is 1. The fourth-order valence-corrected chi connectivity index (χ4v) is 2.23. The minimum atomic E-state index is 0.548. The van der Waals surface area contributed by atoms with Gasteiger partial charge in [-0.05, 0) is 30.7 Å². The molecule has 2 heterocycles. The summed E-state index contributed by atoms with van der Waals surface area (Å²) in [6.07, 6.45) is 3.80. The maximum atomic E-state index is 8.90. The summed E-state index contributed by atoms with van der Waals surface area (Å²) in [5.41, 5.74) is 1.72. The van der Waals surface area contributed by atoms with E-state index >= 15 is 0 Å². The van der Waals surface area contributed by atoms with Gasteiger partial charge in [-0.1, -0.05) is 12.1 Å². The highest BCUT2D eigenvalue weighted by Crippen LogP contribution is 2.18. The molecule has 0 bridgehead atoms. The molecule has 0 saturated carbocycles. The van der Waals surface area contributed by atoms with E-state index in [0.717, 1.165) is 29.6 Å². The van der Waals surface area contributed by atoms with Gasteiger partial charge in [0.2, 0.25) is 5.89 Å². The zero-order valence-electron chi connectivity index (χ0n) is 11.2. The van der Waals surface area contributed by atoms with Crippen LogP contribution >= 0.6 is 0 Å². The first-order valence-electron chi connectivity index (χ1n) is 6.60. The number of nitrogens with zero attached hydrogens (tertiary/aromatic N) is 4. The molecule has 100 valence electrons. The van der Waals surface area contributed by atoms with E-state index in [1.807, 2.05) is 35.0 Å². The number of rotatable bonds is 4. The predicted octanol–water partition coefficient (Wildman–Crippen LogP) is 2.90. The molecule has 1 aromatic carbocycles. The molecule has 0 aliphatic rings. The molecule has 5 heteroatoms. The topological polar surface area (TPSA) is 67.6 Å². The van der Waals surface area contributed by atoms with Gasteiger partial charge in [0.25, 0.3) is 0 Å². The average molecular weight is 266 g/mol. The quantitative estimate of drug-likeness (QED) is 0.728. The third-order valence-electron chi connectivity index (χ3n) is 3.19. The van der Waals surface area contributed by atoms with Gasteiger partial charge >= 0.3 is 0 Å². The van der Waals surface area contributed by atoms with E-state index in [-0.39, 0.29) is 0 Å². The summed E-state index contributed by atoms with van der Waals surface area (Å²) in [6.45, 7) is 2.63. The number of aromatic nitrogens is 3. The summed E-state index contributed by atoms with van der Waals surface area (Å²) in [4.78, 5) is 4.36. The summed E-state index contributed by atoms with van der Waals surface area (Å²) in [6, 6.07) is 9.76. The van der Waals surface area contributed by atoms with E-state index in [1.54, 1.807) is 0 Å².